The van der Waals surface area contributed by atoms with Gasteiger partial charge in [0, 0.05) is 12.6 Å². The molecule has 7 heteroatoms. The van der Waals surface area contributed by atoms with Crippen molar-refractivity contribution in [2.45, 2.75) is 13.3 Å². The van der Waals surface area contributed by atoms with E-state index in [-0.39, 0.29) is 5.69 Å². The first kappa shape index (κ1) is 12.9. The smallest absolute Gasteiger partial charge is 0.319 e. The summed E-state index contributed by atoms with van der Waals surface area (Å²) in [4.78, 5) is 21.0. The van der Waals surface area contributed by atoms with Gasteiger partial charge in [-0.1, -0.05) is 6.92 Å². The molecule has 0 spiro atoms. The van der Waals surface area contributed by atoms with Gasteiger partial charge in [-0.2, -0.15) is 0 Å². The number of nitrogens with zero attached hydrogens (tertiary/aromatic N) is 1. The number of nitro groups is 1. The van der Waals surface area contributed by atoms with Crippen LogP contribution < -0.4 is 10.6 Å². The number of benzene rings is 1. The predicted molar refractivity (Wildman–Crippen MR) is 60.4 cm³/mol. The summed E-state index contributed by atoms with van der Waals surface area (Å²) in [5.74, 6) is -0.773. The van der Waals surface area contributed by atoms with Crippen LogP contribution in [0.1, 0.15) is 13.3 Å². The topological polar surface area (TPSA) is 84.3 Å². The van der Waals surface area contributed by atoms with Crippen LogP contribution in [-0.4, -0.2) is 17.5 Å². The van der Waals surface area contributed by atoms with E-state index in [0.717, 1.165) is 24.6 Å². The van der Waals surface area contributed by atoms with Crippen LogP contribution in [0.15, 0.2) is 18.2 Å². The zero-order valence-electron chi connectivity index (χ0n) is 9.20. The second kappa shape index (κ2) is 5.78. The number of nitro benzene ring substituents is 1. The van der Waals surface area contributed by atoms with Gasteiger partial charge in [0.1, 0.15) is 5.82 Å². The maximum absolute atomic E-state index is 13.0. The molecule has 92 valence electrons. The summed E-state index contributed by atoms with van der Waals surface area (Å²) in [5.41, 5.74) is -0.360. The average molecular weight is 241 g/mol. The Hall–Kier alpha value is -2.18. The van der Waals surface area contributed by atoms with Gasteiger partial charge in [-0.3, -0.25) is 10.1 Å². The van der Waals surface area contributed by atoms with Crippen molar-refractivity contribution in [3.8, 4) is 0 Å². The van der Waals surface area contributed by atoms with E-state index in [0.29, 0.717) is 6.54 Å². The Morgan fingerprint density at radius 3 is 2.76 bits per heavy atom. The first-order valence-corrected chi connectivity index (χ1v) is 5.02. The van der Waals surface area contributed by atoms with E-state index in [1.807, 2.05) is 6.92 Å². The lowest BCUT2D eigenvalue weighted by Crippen LogP contribution is -2.29. The minimum Gasteiger partial charge on any atom is -0.338 e. The Morgan fingerprint density at radius 1 is 1.47 bits per heavy atom. The summed E-state index contributed by atoms with van der Waals surface area (Å²) in [6.07, 6.45) is 0.761. The lowest BCUT2D eigenvalue weighted by molar-refractivity contribution is -0.385. The summed E-state index contributed by atoms with van der Waals surface area (Å²) in [6, 6.07) is 2.37. The van der Waals surface area contributed by atoms with Gasteiger partial charge in [-0.25, -0.2) is 9.18 Å². The van der Waals surface area contributed by atoms with E-state index in [9.17, 15) is 19.3 Å². The maximum Gasteiger partial charge on any atom is 0.319 e. The van der Waals surface area contributed by atoms with Crippen molar-refractivity contribution in [2.75, 3.05) is 11.9 Å². The van der Waals surface area contributed by atoms with Gasteiger partial charge in [0.05, 0.1) is 16.7 Å². The van der Waals surface area contributed by atoms with Crippen LogP contribution in [0.4, 0.5) is 20.6 Å². The molecule has 0 radical (unpaired) electrons. The van der Waals surface area contributed by atoms with Crippen molar-refractivity contribution in [3.63, 3.8) is 0 Å². The van der Waals surface area contributed by atoms with Crippen molar-refractivity contribution < 1.29 is 14.1 Å². The van der Waals surface area contributed by atoms with E-state index in [2.05, 4.69) is 10.6 Å². The predicted octanol–water partition coefficient (Wildman–Crippen LogP) is 2.27. The molecule has 0 heterocycles. The van der Waals surface area contributed by atoms with Crippen LogP contribution >= 0.6 is 0 Å². The molecule has 0 saturated carbocycles. The Morgan fingerprint density at radius 2 is 2.18 bits per heavy atom. The average Bonchev–Trinajstić information content (AvgIpc) is 2.25. The molecule has 0 atom stereocenters. The molecule has 0 aromatic heterocycles. The monoisotopic (exact) mass is 241 g/mol. The van der Waals surface area contributed by atoms with Crippen LogP contribution in [-0.2, 0) is 0 Å². The molecule has 0 unspecified atom stereocenters. The van der Waals surface area contributed by atoms with Gasteiger partial charge in [0.25, 0.3) is 5.69 Å². The third kappa shape index (κ3) is 4.06. The molecular weight excluding hydrogens is 229 g/mol. The fourth-order valence-corrected chi connectivity index (χ4v) is 1.17. The van der Waals surface area contributed by atoms with Crippen LogP contribution in [0.2, 0.25) is 0 Å². The van der Waals surface area contributed by atoms with Crippen LogP contribution in [0.3, 0.4) is 0 Å². The second-order valence-corrected chi connectivity index (χ2v) is 3.34. The quantitative estimate of drug-likeness (QED) is 0.626. The molecule has 0 bridgehead atoms. The Kier molecular flexibility index (Phi) is 4.38. The minimum atomic E-state index is -0.773. The van der Waals surface area contributed by atoms with Crippen molar-refractivity contribution in [1.82, 2.24) is 5.32 Å². The molecule has 6 nitrogen and oxygen atoms in total. The molecule has 1 aromatic carbocycles. The SMILES string of the molecule is CCCNC(=O)Nc1cc(F)cc([N+](=O)[O-])c1. The number of anilines is 1. The summed E-state index contributed by atoms with van der Waals surface area (Å²) in [6.45, 7) is 2.36. The summed E-state index contributed by atoms with van der Waals surface area (Å²) < 4.78 is 13.0. The highest BCUT2D eigenvalue weighted by Crippen LogP contribution is 2.19. The number of halogens is 1. The highest BCUT2D eigenvalue weighted by molar-refractivity contribution is 5.89. The number of hydrogen-bond donors (Lipinski definition) is 2. The van der Waals surface area contributed by atoms with Crippen LogP contribution in [0, 0.1) is 15.9 Å². The summed E-state index contributed by atoms with van der Waals surface area (Å²) >= 11 is 0. The second-order valence-electron chi connectivity index (χ2n) is 3.34. The molecule has 2 N–H and O–H groups in total. The van der Waals surface area contributed by atoms with Crippen molar-refractivity contribution in [3.05, 3.63) is 34.1 Å². The van der Waals surface area contributed by atoms with Gasteiger partial charge in [0.2, 0.25) is 0 Å². The number of amides is 2. The van der Waals surface area contributed by atoms with E-state index in [1.165, 1.54) is 0 Å². The summed E-state index contributed by atoms with van der Waals surface area (Å²) in [7, 11) is 0. The Labute approximate surface area is 97.0 Å². The number of urea groups is 1. The molecule has 0 fully saturated rings. The Balaban J connectivity index is 2.77. The molecule has 0 aliphatic rings. The standard InChI is InChI=1S/C10H12FN3O3/c1-2-3-12-10(15)13-8-4-7(11)5-9(6-8)14(16)17/h4-6H,2-3H2,1H3,(H2,12,13,15). The largest absolute Gasteiger partial charge is 0.338 e. The van der Waals surface area contributed by atoms with Gasteiger partial charge in [-0.15, -0.1) is 0 Å². The number of carbonyl (C=O) groups is 1. The van der Waals surface area contributed by atoms with Crippen LogP contribution in [0.25, 0.3) is 0 Å². The number of carbonyl (C=O) groups excluding carboxylic acids is 1. The molecule has 0 saturated heterocycles. The van der Waals surface area contributed by atoms with Crippen molar-refractivity contribution in [1.29, 1.82) is 0 Å². The zero-order valence-corrected chi connectivity index (χ0v) is 9.20. The summed E-state index contributed by atoms with van der Waals surface area (Å²) in [5, 5.41) is 15.3. The Bertz CT molecular complexity index is 437. The van der Waals surface area contributed by atoms with Crippen LogP contribution in [0.5, 0.6) is 0 Å². The highest BCUT2D eigenvalue weighted by atomic mass is 19.1. The van der Waals surface area contributed by atoms with Gasteiger partial charge in [0.15, 0.2) is 0 Å². The zero-order chi connectivity index (χ0) is 12.8. The third-order valence-corrected chi connectivity index (χ3v) is 1.89. The lowest BCUT2D eigenvalue weighted by Gasteiger charge is -2.06. The number of non-ortho nitro benzene ring substituents is 1. The molecule has 0 aliphatic carbocycles. The first-order valence-electron chi connectivity index (χ1n) is 5.02. The van der Waals surface area contributed by atoms with Gasteiger partial charge < -0.3 is 10.6 Å². The molecule has 1 rings (SSSR count). The number of hydrogen-bond acceptors (Lipinski definition) is 3. The number of rotatable bonds is 4. The normalized spacial score (nSPS) is 9.76. The third-order valence-electron chi connectivity index (χ3n) is 1.89. The molecular formula is C10H12FN3O3. The maximum atomic E-state index is 13.0. The first-order chi connectivity index (χ1) is 8.02. The minimum absolute atomic E-state index is 0.0466. The fourth-order valence-electron chi connectivity index (χ4n) is 1.17. The van der Waals surface area contributed by atoms with E-state index >= 15 is 0 Å². The molecule has 2 amide bonds. The van der Waals surface area contributed by atoms with Gasteiger partial charge in [-0.05, 0) is 12.5 Å². The lowest BCUT2D eigenvalue weighted by atomic mass is 10.2. The van der Waals surface area contributed by atoms with E-state index in [1.54, 1.807) is 0 Å². The van der Waals surface area contributed by atoms with Crippen molar-refractivity contribution >= 4 is 17.4 Å². The molecule has 1 aromatic rings. The van der Waals surface area contributed by atoms with E-state index < -0.39 is 22.5 Å². The van der Waals surface area contributed by atoms with Crippen molar-refractivity contribution in [2.24, 2.45) is 0 Å². The van der Waals surface area contributed by atoms with Gasteiger partial charge >= 0.3 is 6.03 Å². The molecule has 17 heavy (non-hydrogen) atoms. The fraction of sp³-hybridized carbons (Fsp3) is 0.300. The number of nitrogens with one attached hydrogen (secondary N) is 2. The molecule has 0 aliphatic heterocycles. The van der Waals surface area contributed by atoms with E-state index in [4.69, 9.17) is 0 Å². The highest BCUT2D eigenvalue weighted by Gasteiger charge is 2.11.